The predicted molar refractivity (Wildman–Crippen MR) is 100 cm³/mol. The molecule has 0 aromatic heterocycles. The molecular formula is C20H23ClF2N2O. The lowest BCUT2D eigenvalue weighted by Gasteiger charge is -2.22. The molecule has 1 amide bonds. The molecule has 0 radical (unpaired) electrons. The van der Waals surface area contributed by atoms with Gasteiger partial charge in [0.15, 0.2) is 0 Å². The van der Waals surface area contributed by atoms with Crippen LogP contribution in [0.3, 0.4) is 0 Å². The van der Waals surface area contributed by atoms with Crippen LogP contribution in [0, 0.1) is 17.6 Å². The van der Waals surface area contributed by atoms with Gasteiger partial charge in [0, 0.05) is 25.6 Å². The number of hydrogen-bond donors (Lipinski definition) is 1. The van der Waals surface area contributed by atoms with Gasteiger partial charge in [-0.15, -0.1) is 12.4 Å². The lowest BCUT2D eigenvalue weighted by Crippen LogP contribution is -2.38. The van der Waals surface area contributed by atoms with Gasteiger partial charge in [0.25, 0.3) is 0 Å². The van der Waals surface area contributed by atoms with Crippen molar-refractivity contribution in [2.75, 3.05) is 19.6 Å². The Morgan fingerprint density at radius 1 is 1.12 bits per heavy atom. The van der Waals surface area contributed by atoms with Gasteiger partial charge >= 0.3 is 0 Å². The normalized spacial score (nSPS) is 18.1. The van der Waals surface area contributed by atoms with E-state index in [-0.39, 0.29) is 30.2 Å². The fraction of sp³-hybridized carbons (Fsp3) is 0.350. The van der Waals surface area contributed by atoms with Gasteiger partial charge in [-0.2, -0.15) is 0 Å². The monoisotopic (exact) mass is 380 g/mol. The summed E-state index contributed by atoms with van der Waals surface area (Å²) in [6.07, 6.45) is 1.31. The van der Waals surface area contributed by atoms with Crippen LogP contribution in [0.25, 0.3) is 0 Å². The molecular weight excluding hydrogens is 358 g/mol. The van der Waals surface area contributed by atoms with Gasteiger partial charge in [-0.05, 0) is 48.1 Å². The minimum Gasteiger partial charge on any atom is -0.341 e. The Hall–Kier alpha value is -1.98. The molecule has 1 aliphatic rings. The zero-order chi connectivity index (χ0) is 17.8. The van der Waals surface area contributed by atoms with Crippen LogP contribution >= 0.6 is 12.4 Å². The Morgan fingerprint density at radius 3 is 2.54 bits per heavy atom. The van der Waals surface area contributed by atoms with E-state index in [0.717, 1.165) is 24.1 Å². The molecule has 2 aromatic carbocycles. The summed E-state index contributed by atoms with van der Waals surface area (Å²) < 4.78 is 27.3. The van der Waals surface area contributed by atoms with E-state index in [0.29, 0.717) is 31.6 Å². The van der Waals surface area contributed by atoms with E-state index in [2.05, 4.69) is 0 Å². The van der Waals surface area contributed by atoms with Gasteiger partial charge in [0.1, 0.15) is 11.6 Å². The number of amides is 1. The average Bonchev–Trinajstić information content (AvgIpc) is 3.41. The number of rotatable bonds is 7. The van der Waals surface area contributed by atoms with Crippen LogP contribution in [0.15, 0.2) is 48.5 Å². The Kier molecular flexibility index (Phi) is 7.12. The average molecular weight is 381 g/mol. The van der Waals surface area contributed by atoms with E-state index in [1.807, 2.05) is 30.3 Å². The SMILES string of the molecule is Cl.NCCN(CCc1ccccc1)C(=O)C1CC1c1cc(F)ccc1F. The fourth-order valence-corrected chi connectivity index (χ4v) is 3.24. The van der Waals surface area contributed by atoms with Crippen LogP contribution < -0.4 is 5.73 Å². The Bertz CT molecular complexity index is 742. The number of nitrogens with zero attached hydrogens (tertiary/aromatic N) is 1. The number of carbonyl (C=O) groups is 1. The summed E-state index contributed by atoms with van der Waals surface area (Å²) in [7, 11) is 0. The van der Waals surface area contributed by atoms with Crippen LogP contribution in [-0.4, -0.2) is 30.4 Å². The minimum atomic E-state index is -0.475. The highest BCUT2D eigenvalue weighted by atomic mass is 35.5. The molecule has 3 nitrogen and oxygen atoms in total. The van der Waals surface area contributed by atoms with Crippen LogP contribution in [0.4, 0.5) is 8.78 Å². The van der Waals surface area contributed by atoms with Crippen molar-refractivity contribution < 1.29 is 13.6 Å². The first-order valence-electron chi connectivity index (χ1n) is 8.58. The van der Waals surface area contributed by atoms with Crippen molar-refractivity contribution in [1.29, 1.82) is 0 Å². The van der Waals surface area contributed by atoms with Crippen molar-refractivity contribution in [3.05, 3.63) is 71.3 Å². The molecule has 0 saturated heterocycles. The molecule has 6 heteroatoms. The summed E-state index contributed by atoms with van der Waals surface area (Å²) >= 11 is 0. The van der Waals surface area contributed by atoms with Crippen molar-refractivity contribution in [2.24, 2.45) is 11.7 Å². The molecule has 0 bridgehead atoms. The third-order valence-electron chi connectivity index (χ3n) is 4.69. The molecule has 1 fully saturated rings. The molecule has 2 N–H and O–H groups in total. The van der Waals surface area contributed by atoms with Crippen LogP contribution in [0.5, 0.6) is 0 Å². The molecule has 26 heavy (non-hydrogen) atoms. The zero-order valence-electron chi connectivity index (χ0n) is 14.4. The van der Waals surface area contributed by atoms with Gasteiger partial charge in [-0.3, -0.25) is 4.79 Å². The maximum absolute atomic E-state index is 13.9. The second kappa shape index (κ2) is 9.10. The largest absolute Gasteiger partial charge is 0.341 e. The summed E-state index contributed by atoms with van der Waals surface area (Å²) in [5.41, 5.74) is 7.10. The molecule has 140 valence electrons. The Morgan fingerprint density at radius 2 is 1.85 bits per heavy atom. The third-order valence-corrected chi connectivity index (χ3v) is 4.69. The molecule has 2 aromatic rings. The maximum atomic E-state index is 13.9. The predicted octanol–water partition coefficient (Wildman–Crippen LogP) is 3.52. The maximum Gasteiger partial charge on any atom is 0.226 e. The summed E-state index contributed by atoms with van der Waals surface area (Å²) in [5.74, 6) is -1.46. The molecule has 2 atom stereocenters. The second-order valence-corrected chi connectivity index (χ2v) is 6.46. The minimum absolute atomic E-state index is 0. The van der Waals surface area contributed by atoms with Crippen LogP contribution in [0.1, 0.15) is 23.5 Å². The molecule has 1 saturated carbocycles. The van der Waals surface area contributed by atoms with Crippen molar-refractivity contribution in [1.82, 2.24) is 4.90 Å². The van der Waals surface area contributed by atoms with Crippen molar-refractivity contribution in [3.63, 3.8) is 0 Å². The van der Waals surface area contributed by atoms with E-state index in [1.54, 1.807) is 4.90 Å². The van der Waals surface area contributed by atoms with E-state index in [9.17, 15) is 13.6 Å². The van der Waals surface area contributed by atoms with Gasteiger partial charge in [0.2, 0.25) is 5.91 Å². The highest BCUT2D eigenvalue weighted by Gasteiger charge is 2.46. The zero-order valence-corrected chi connectivity index (χ0v) is 15.2. The Labute approximate surface area is 158 Å². The quantitative estimate of drug-likeness (QED) is 0.798. The van der Waals surface area contributed by atoms with Gasteiger partial charge in [-0.1, -0.05) is 30.3 Å². The van der Waals surface area contributed by atoms with Crippen LogP contribution in [-0.2, 0) is 11.2 Å². The standard InChI is InChI=1S/C20H22F2N2O.ClH/c21-15-6-7-19(22)17(12-15)16-13-18(16)20(25)24(11-9-23)10-8-14-4-2-1-3-5-14;/h1-7,12,16,18H,8-11,13,23H2;1H. The summed E-state index contributed by atoms with van der Waals surface area (Å²) in [6.45, 7) is 1.43. The van der Waals surface area contributed by atoms with Gasteiger partial charge in [-0.25, -0.2) is 8.78 Å². The van der Waals surface area contributed by atoms with Gasteiger partial charge in [0.05, 0.1) is 0 Å². The summed E-state index contributed by atoms with van der Waals surface area (Å²) in [4.78, 5) is 14.5. The topological polar surface area (TPSA) is 46.3 Å². The molecule has 0 spiro atoms. The number of nitrogens with two attached hydrogens (primary N) is 1. The van der Waals surface area contributed by atoms with Crippen molar-refractivity contribution in [3.8, 4) is 0 Å². The van der Waals surface area contributed by atoms with Crippen LogP contribution in [0.2, 0.25) is 0 Å². The summed E-state index contributed by atoms with van der Waals surface area (Å²) in [6, 6.07) is 13.3. The lowest BCUT2D eigenvalue weighted by atomic mass is 10.1. The second-order valence-electron chi connectivity index (χ2n) is 6.46. The highest BCUT2D eigenvalue weighted by molar-refractivity contribution is 5.85. The highest BCUT2D eigenvalue weighted by Crippen LogP contribution is 2.49. The Balaban J connectivity index is 0.00000243. The van der Waals surface area contributed by atoms with E-state index < -0.39 is 11.6 Å². The van der Waals surface area contributed by atoms with Crippen molar-refractivity contribution >= 4 is 18.3 Å². The van der Waals surface area contributed by atoms with Crippen molar-refractivity contribution in [2.45, 2.75) is 18.8 Å². The van der Waals surface area contributed by atoms with E-state index in [4.69, 9.17) is 5.73 Å². The smallest absolute Gasteiger partial charge is 0.226 e. The first-order valence-corrected chi connectivity index (χ1v) is 8.58. The number of benzene rings is 2. The molecule has 3 rings (SSSR count). The molecule has 2 unspecified atom stereocenters. The molecule has 0 heterocycles. The summed E-state index contributed by atoms with van der Waals surface area (Å²) in [5, 5.41) is 0. The lowest BCUT2D eigenvalue weighted by molar-refractivity contribution is -0.132. The first-order chi connectivity index (χ1) is 12.1. The fourth-order valence-electron chi connectivity index (χ4n) is 3.24. The number of halogens is 3. The van der Waals surface area contributed by atoms with Gasteiger partial charge < -0.3 is 10.6 Å². The first kappa shape index (κ1) is 20.3. The number of carbonyl (C=O) groups excluding carboxylic acids is 1. The van der Waals surface area contributed by atoms with E-state index in [1.165, 1.54) is 6.07 Å². The molecule has 1 aliphatic carbocycles. The third kappa shape index (κ3) is 4.80. The molecule has 0 aliphatic heterocycles. The number of hydrogen-bond acceptors (Lipinski definition) is 2. The van der Waals surface area contributed by atoms with E-state index >= 15 is 0 Å².